The Morgan fingerprint density at radius 2 is 2.40 bits per heavy atom. The number of aliphatic imine (C=N–C) groups is 1. The van der Waals surface area contributed by atoms with Crippen molar-refractivity contribution in [2.45, 2.75) is 45.7 Å². The van der Waals surface area contributed by atoms with E-state index in [9.17, 15) is 0 Å². The van der Waals surface area contributed by atoms with Gasteiger partial charge >= 0.3 is 0 Å². The molecule has 88 valence electrons. The molecule has 0 fully saturated rings. The van der Waals surface area contributed by atoms with Crippen LogP contribution < -0.4 is 5.32 Å². The molecule has 1 N–H and O–H groups in total. The molecule has 1 aliphatic heterocycles. The summed E-state index contributed by atoms with van der Waals surface area (Å²) in [6.45, 7) is 7.89. The summed E-state index contributed by atoms with van der Waals surface area (Å²) in [5.74, 6) is 1.19. The Bertz CT molecular complexity index is 209. The predicted molar refractivity (Wildman–Crippen MR) is 67.7 cm³/mol. The average Bonchev–Trinajstić information content (AvgIpc) is 2.26. The number of ether oxygens (including phenoxy) is 1. The summed E-state index contributed by atoms with van der Waals surface area (Å²) in [7, 11) is 0. The highest BCUT2D eigenvalue weighted by Gasteiger charge is 2.15. The topological polar surface area (TPSA) is 33.6 Å². The van der Waals surface area contributed by atoms with Gasteiger partial charge in [-0.2, -0.15) is 0 Å². The first-order valence-electron chi connectivity index (χ1n) is 5.81. The van der Waals surface area contributed by atoms with Crippen molar-refractivity contribution in [2.75, 3.05) is 19.0 Å². The van der Waals surface area contributed by atoms with Crippen molar-refractivity contribution in [1.82, 2.24) is 5.32 Å². The van der Waals surface area contributed by atoms with Gasteiger partial charge in [-0.1, -0.05) is 18.7 Å². The van der Waals surface area contributed by atoms with E-state index in [1.807, 2.05) is 18.7 Å². The van der Waals surface area contributed by atoms with E-state index in [0.717, 1.165) is 24.8 Å². The molecule has 0 aromatic rings. The molecule has 0 amide bonds. The van der Waals surface area contributed by atoms with E-state index in [1.165, 1.54) is 12.2 Å². The molecule has 0 radical (unpaired) electrons. The second-order valence-electron chi connectivity index (χ2n) is 3.84. The number of hydrogen-bond acceptors (Lipinski definition) is 4. The molecular weight excluding hydrogens is 208 g/mol. The van der Waals surface area contributed by atoms with Crippen LogP contribution >= 0.6 is 11.8 Å². The molecule has 4 heteroatoms. The van der Waals surface area contributed by atoms with Gasteiger partial charge in [0.25, 0.3) is 0 Å². The maximum absolute atomic E-state index is 5.36. The van der Waals surface area contributed by atoms with Crippen molar-refractivity contribution in [1.29, 1.82) is 0 Å². The zero-order valence-corrected chi connectivity index (χ0v) is 10.8. The molecule has 0 saturated carbocycles. The lowest BCUT2D eigenvalue weighted by Crippen LogP contribution is -2.36. The van der Waals surface area contributed by atoms with Crippen molar-refractivity contribution in [3.8, 4) is 0 Å². The molecule has 0 bridgehead atoms. The molecular formula is C11H22N2OS. The largest absolute Gasteiger partial charge is 0.380 e. The van der Waals surface area contributed by atoms with Crippen LogP contribution in [0.2, 0.25) is 0 Å². The summed E-state index contributed by atoms with van der Waals surface area (Å²) in [5, 5.41) is 4.50. The van der Waals surface area contributed by atoms with Gasteiger partial charge in [0.1, 0.15) is 0 Å². The molecule has 2 atom stereocenters. The molecule has 1 heterocycles. The third-order valence-corrected chi connectivity index (χ3v) is 3.34. The Hall–Kier alpha value is -0.220. The van der Waals surface area contributed by atoms with Gasteiger partial charge in [-0.15, -0.1) is 0 Å². The van der Waals surface area contributed by atoms with Gasteiger partial charge in [0, 0.05) is 18.4 Å². The lowest BCUT2D eigenvalue weighted by molar-refractivity contribution is 0.133. The first kappa shape index (κ1) is 12.8. The standard InChI is InChI=1S/C11H22N2OS/c1-4-10-6-7-15-11(13-10)12-9(3)8-14-5-2/h9-10H,4-8H2,1-3H3,(H,12,13). The lowest BCUT2D eigenvalue weighted by atomic mass is 10.2. The van der Waals surface area contributed by atoms with Crippen LogP contribution in [-0.4, -0.2) is 36.2 Å². The van der Waals surface area contributed by atoms with Gasteiger partial charge < -0.3 is 10.1 Å². The number of rotatable bonds is 5. The van der Waals surface area contributed by atoms with Gasteiger partial charge in [-0.05, 0) is 26.7 Å². The SMILES string of the molecule is CCOCC(C)NC1=NC(CC)CCS1. The fourth-order valence-corrected chi connectivity index (χ4v) is 2.57. The molecule has 1 rings (SSSR count). The van der Waals surface area contributed by atoms with E-state index in [-0.39, 0.29) is 0 Å². The van der Waals surface area contributed by atoms with Gasteiger partial charge in [0.2, 0.25) is 0 Å². The van der Waals surface area contributed by atoms with E-state index < -0.39 is 0 Å². The summed E-state index contributed by atoms with van der Waals surface area (Å²) in [6.07, 6.45) is 2.36. The quantitative estimate of drug-likeness (QED) is 0.786. The van der Waals surface area contributed by atoms with Gasteiger partial charge in [0.05, 0.1) is 12.6 Å². The minimum atomic E-state index is 0.354. The average molecular weight is 230 g/mol. The Kier molecular flexibility index (Phi) is 6.10. The lowest BCUT2D eigenvalue weighted by Gasteiger charge is -2.22. The van der Waals surface area contributed by atoms with Crippen molar-refractivity contribution in [3.05, 3.63) is 0 Å². The monoisotopic (exact) mass is 230 g/mol. The second-order valence-corrected chi connectivity index (χ2v) is 4.92. The zero-order chi connectivity index (χ0) is 11.1. The molecule has 0 aliphatic carbocycles. The molecule has 2 unspecified atom stereocenters. The van der Waals surface area contributed by atoms with Gasteiger partial charge in [-0.3, -0.25) is 4.99 Å². The minimum absolute atomic E-state index is 0.354. The molecule has 0 aromatic heterocycles. The highest BCUT2D eigenvalue weighted by molar-refractivity contribution is 8.13. The fraction of sp³-hybridized carbons (Fsp3) is 0.909. The van der Waals surface area contributed by atoms with Gasteiger partial charge in [0.15, 0.2) is 5.17 Å². The summed E-state index contributed by atoms with van der Waals surface area (Å²) in [5.41, 5.74) is 0. The second kappa shape index (κ2) is 7.12. The Morgan fingerprint density at radius 3 is 3.07 bits per heavy atom. The number of hydrogen-bond donors (Lipinski definition) is 1. The zero-order valence-electron chi connectivity index (χ0n) is 9.95. The molecule has 15 heavy (non-hydrogen) atoms. The molecule has 0 spiro atoms. The van der Waals surface area contributed by atoms with Crippen molar-refractivity contribution in [2.24, 2.45) is 4.99 Å². The number of thioether (sulfide) groups is 1. The Morgan fingerprint density at radius 1 is 1.60 bits per heavy atom. The molecule has 1 aliphatic rings. The van der Waals surface area contributed by atoms with E-state index in [1.54, 1.807) is 0 Å². The van der Waals surface area contributed by atoms with Crippen LogP contribution in [0.15, 0.2) is 4.99 Å². The van der Waals surface area contributed by atoms with Crippen LogP contribution in [0.1, 0.15) is 33.6 Å². The van der Waals surface area contributed by atoms with E-state index in [2.05, 4.69) is 24.2 Å². The minimum Gasteiger partial charge on any atom is -0.380 e. The van der Waals surface area contributed by atoms with Crippen LogP contribution in [0.3, 0.4) is 0 Å². The number of amidine groups is 1. The summed E-state index contributed by atoms with van der Waals surface area (Å²) >= 11 is 1.83. The molecule has 3 nitrogen and oxygen atoms in total. The maximum Gasteiger partial charge on any atom is 0.157 e. The number of nitrogens with zero attached hydrogens (tertiary/aromatic N) is 1. The predicted octanol–water partition coefficient (Wildman–Crippen LogP) is 2.27. The smallest absolute Gasteiger partial charge is 0.157 e. The summed E-state index contributed by atoms with van der Waals surface area (Å²) < 4.78 is 5.36. The Balaban J connectivity index is 2.33. The molecule has 0 saturated heterocycles. The van der Waals surface area contributed by atoms with Crippen LogP contribution in [0, 0.1) is 0 Å². The van der Waals surface area contributed by atoms with Crippen molar-refractivity contribution in [3.63, 3.8) is 0 Å². The number of nitrogens with one attached hydrogen (secondary N) is 1. The van der Waals surface area contributed by atoms with Crippen LogP contribution in [-0.2, 0) is 4.74 Å². The van der Waals surface area contributed by atoms with Crippen LogP contribution in [0.5, 0.6) is 0 Å². The highest BCUT2D eigenvalue weighted by Crippen LogP contribution is 2.18. The maximum atomic E-state index is 5.36. The van der Waals surface area contributed by atoms with E-state index >= 15 is 0 Å². The first-order chi connectivity index (χ1) is 7.26. The summed E-state index contributed by atoms with van der Waals surface area (Å²) in [4.78, 5) is 4.66. The molecule has 0 aromatic carbocycles. The Labute approximate surface area is 97.1 Å². The van der Waals surface area contributed by atoms with Crippen molar-refractivity contribution >= 4 is 16.9 Å². The summed E-state index contributed by atoms with van der Waals surface area (Å²) in [6, 6.07) is 0.875. The third-order valence-electron chi connectivity index (χ3n) is 2.40. The van der Waals surface area contributed by atoms with Crippen molar-refractivity contribution < 1.29 is 4.74 Å². The normalized spacial score (nSPS) is 23.4. The van der Waals surface area contributed by atoms with Gasteiger partial charge in [-0.25, -0.2) is 0 Å². The first-order valence-corrected chi connectivity index (χ1v) is 6.79. The highest BCUT2D eigenvalue weighted by atomic mass is 32.2. The van der Waals surface area contributed by atoms with E-state index in [4.69, 9.17) is 4.74 Å². The van der Waals surface area contributed by atoms with Crippen LogP contribution in [0.4, 0.5) is 0 Å². The van der Waals surface area contributed by atoms with Crippen LogP contribution in [0.25, 0.3) is 0 Å². The fourth-order valence-electron chi connectivity index (χ4n) is 1.48. The van der Waals surface area contributed by atoms with E-state index in [0.29, 0.717) is 12.1 Å². The third kappa shape index (κ3) is 4.89.